The first-order chi connectivity index (χ1) is 14.1. The van der Waals surface area contributed by atoms with Crippen molar-refractivity contribution in [3.63, 3.8) is 0 Å². The summed E-state index contributed by atoms with van der Waals surface area (Å²) in [5.41, 5.74) is 3.87. The number of hydrogen-bond acceptors (Lipinski definition) is 6. The van der Waals surface area contributed by atoms with E-state index in [0.717, 1.165) is 28.4 Å². The third-order valence-corrected chi connectivity index (χ3v) is 5.06. The van der Waals surface area contributed by atoms with Gasteiger partial charge in [-0.2, -0.15) is 0 Å². The summed E-state index contributed by atoms with van der Waals surface area (Å²) in [5.74, 6) is 1.35. The maximum atomic E-state index is 13.0. The molecule has 7 nitrogen and oxygen atoms in total. The van der Waals surface area contributed by atoms with Crippen LogP contribution in [0.15, 0.2) is 47.0 Å². The zero-order chi connectivity index (χ0) is 20.4. The number of pyridine rings is 1. The van der Waals surface area contributed by atoms with Crippen LogP contribution in [0.4, 0.5) is 0 Å². The topological polar surface area (TPSA) is 77.7 Å². The third kappa shape index (κ3) is 3.86. The van der Waals surface area contributed by atoms with Crippen LogP contribution < -0.4 is 4.74 Å². The summed E-state index contributed by atoms with van der Waals surface area (Å²) in [7, 11) is 1.59. The van der Waals surface area contributed by atoms with Crippen molar-refractivity contribution in [2.75, 3.05) is 26.8 Å². The lowest BCUT2D eigenvalue weighted by Gasteiger charge is -2.33. The van der Waals surface area contributed by atoms with Gasteiger partial charge in [-0.1, -0.05) is 17.3 Å². The van der Waals surface area contributed by atoms with Crippen LogP contribution in [0.25, 0.3) is 11.3 Å². The molecule has 3 heterocycles. The number of aromatic nitrogens is 2. The van der Waals surface area contributed by atoms with Crippen molar-refractivity contribution < 1.29 is 18.8 Å². The predicted molar refractivity (Wildman–Crippen MR) is 107 cm³/mol. The Balaban J connectivity index is 1.56. The molecule has 0 bridgehead atoms. The molecule has 1 fully saturated rings. The highest BCUT2D eigenvalue weighted by Crippen LogP contribution is 2.28. The number of aryl methyl sites for hydroxylation is 2. The van der Waals surface area contributed by atoms with E-state index in [0.29, 0.717) is 31.0 Å². The van der Waals surface area contributed by atoms with Crippen molar-refractivity contribution in [1.82, 2.24) is 15.0 Å². The summed E-state index contributed by atoms with van der Waals surface area (Å²) >= 11 is 0. The molecule has 1 aliphatic heterocycles. The minimum Gasteiger partial charge on any atom is -0.497 e. The first-order valence-electron chi connectivity index (χ1n) is 9.52. The van der Waals surface area contributed by atoms with Gasteiger partial charge in [0.2, 0.25) is 0 Å². The van der Waals surface area contributed by atoms with Gasteiger partial charge in [-0.3, -0.25) is 4.79 Å². The molecule has 2 aromatic heterocycles. The lowest BCUT2D eigenvalue weighted by atomic mass is 10.1. The van der Waals surface area contributed by atoms with Crippen molar-refractivity contribution in [2.45, 2.75) is 20.0 Å². The normalized spacial score (nSPS) is 16.7. The van der Waals surface area contributed by atoms with Crippen molar-refractivity contribution in [1.29, 1.82) is 0 Å². The lowest BCUT2D eigenvalue weighted by molar-refractivity contribution is -0.0246. The number of amides is 1. The smallest absolute Gasteiger partial charge is 0.254 e. The summed E-state index contributed by atoms with van der Waals surface area (Å²) in [6.07, 6.45) is -0.293. The fourth-order valence-corrected chi connectivity index (χ4v) is 3.57. The second-order valence-electron chi connectivity index (χ2n) is 6.99. The highest BCUT2D eigenvalue weighted by Gasteiger charge is 2.27. The van der Waals surface area contributed by atoms with Gasteiger partial charge < -0.3 is 18.9 Å². The van der Waals surface area contributed by atoms with E-state index in [4.69, 9.17) is 19.0 Å². The molecule has 1 aliphatic rings. The summed E-state index contributed by atoms with van der Waals surface area (Å²) in [5, 5.41) is 4.01. The van der Waals surface area contributed by atoms with Crippen molar-refractivity contribution in [3.8, 4) is 17.0 Å². The number of carbonyl (C=O) groups excluding carboxylic acids is 1. The van der Waals surface area contributed by atoms with Crippen LogP contribution in [0, 0.1) is 13.8 Å². The van der Waals surface area contributed by atoms with Gasteiger partial charge in [0.05, 0.1) is 42.9 Å². The largest absolute Gasteiger partial charge is 0.497 e. The van der Waals surface area contributed by atoms with Gasteiger partial charge in [-0.25, -0.2) is 4.98 Å². The van der Waals surface area contributed by atoms with Crippen LogP contribution in [0.5, 0.6) is 5.75 Å². The summed E-state index contributed by atoms with van der Waals surface area (Å²) < 4.78 is 16.4. The molecule has 0 radical (unpaired) electrons. The van der Waals surface area contributed by atoms with Crippen LogP contribution in [0.2, 0.25) is 0 Å². The molecule has 29 heavy (non-hydrogen) atoms. The molecule has 3 aromatic rings. The van der Waals surface area contributed by atoms with E-state index < -0.39 is 0 Å². The standard InChI is InChI=1S/C22H23N3O4/c1-14-21(15(2)29-24-14)19-9-5-8-18(23-19)20-13-25(10-11-28-20)22(26)16-6-4-7-17(12-16)27-3/h4-9,12,20H,10-11,13H2,1-3H3/t20-/m1/s1. The maximum absolute atomic E-state index is 13.0. The van der Waals surface area contributed by atoms with Crippen molar-refractivity contribution >= 4 is 5.91 Å². The zero-order valence-corrected chi connectivity index (χ0v) is 16.7. The Morgan fingerprint density at radius 3 is 2.79 bits per heavy atom. The van der Waals surface area contributed by atoms with Gasteiger partial charge in [0.1, 0.15) is 17.6 Å². The Morgan fingerprint density at radius 2 is 2.03 bits per heavy atom. The average Bonchev–Trinajstić information content (AvgIpc) is 3.11. The van der Waals surface area contributed by atoms with Crippen LogP contribution in [0.3, 0.4) is 0 Å². The molecule has 7 heteroatoms. The molecule has 150 valence electrons. The number of hydrogen-bond donors (Lipinski definition) is 0. The summed E-state index contributed by atoms with van der Waals surface area (Å²) in [4.78, 5) is 19.5. The number of methoxy groups -OCH3 is 1. The van der Waals surface area contributed by atoms with Gasteiger partial charge >= 0.3 is 0 Å². The SMILES string of the molecule is COc1cccc(C(=O)N2CCO[C@@H](c3cccc(-c4c(C)noc4C)n3)C2)c1. The van der Waals surface area contributed by atoms with Gasteiger partial charge in [0, 0.05) is 12.1 Å². The average molecular weight is 393 g/mol. The Labute approximate surface area is 169 Å². The minimum absolute atomic E-state index is 0.0425. The fraction of sp³-hybridized carbons (Fsp3) is 0.318. The minimum atomic E-state index is -0.293. The molecule has 1 aromatic carbocycles. The van der Waals surface area contributed by atoms with Crippen molar-refractivity contribution in [2.24, 2.45) is 0 Å². The van der Waals surface area contributed by atoms with Gasteiger partial charge in [-0.05, 0) is 44.2 Å². The van der Waals surface area contributed by atoms with Crippen LogP contribution >= 0.6 is 0 Å². The third-order valence-electron chi connectivity index (χ3n) is 5.06. The molecule has 4 rings (SSSR count). The molecule has 1 amide bonds. The molecule has 0 saturated carbocycles. The molecule has 0 aliphatic carbocycles. The van der Waals surface area contributed by atoms with Crippen LogP contribution in [0.1, 0.15) is 33.6 Å². The van der Waals surface area contributed by atoms with E-state index in [2.05, 4.69) is 5.16 Å². The Hall–Kier alpha value is -3.19. The zero-order valence-electron chi connectivity index (χ0n) is 16.7. The van der Waals surface area contributed by atoms with Gasteiger partial charge in [-0.15, -0.1) is 0 Å². The highest BCUT2D eigenvalue weighted by atomic mass is 16.5. The monoisotopic (exact) mass is 393 g/mol. The molecule has 0 N–H and O–H groups in total. The Morgan fingerprint density at radius 1 is 1.21 bits per heavy atom. The van der Waals surface area contributed by atoms with E-state index in [1.54, 1.807) is 24.1 Å². The second kappa shape index (κ2) is 8.05. The number of rotatable bonds is 4. The Bertz CT molecular complexity index is 1010. The predicted octanol–water partition coefficient (Wildman–Crippen LogP) is 3.58. The second-order valence-corrected chi connectivity index (χ2v) is 6.99. The van der Waals surface area contributed by atoms with E-state index in [-0.39, 0.29) is 12.0 Å². The first-order valence-corrected chi connectivity index (χ1v) is 9.52. The molecule has 1 saturated heterocycles. The van der Waals surface area contributed by atoms with Gasteiger partial charge in [0.25, 0.3) is 5.91 Å². The first kappa shape index (κ1) is 19.1. The Kier molecular flexibility index (Phi) is 5.31. The summed E-state index contributed by atoms with van der Waals surface area (Å²) in [6, 6.07) is 13.0. The quantitative estimate of drug-likeness (QED) is 0.674. The number of morpholine rings is 1. The summed E-state index contributed by atoms with van der Waals surface area (Å²) in [6.45, 7) is 5.20. The molecule has 0 unspecified atom stereocenters. The highest BCUT2D eigenvalue weighted by molar-refractivity contribution is 5.94. The molecule has 1 atom stereocenters. The molecular formula is C22H23N3O4. The molecule has 0 spiro atoms. The fourth-order valence-electron chi connectivity index (χ4n) is 3.57. The molecular weight excluding hydrogens is 370 g/mol. The van der Waals surface area contributed by atoms with E-state index >= 15 is 0 Å². The van der Waals surface area contributed by atoms with Crippen LogP contribution in [-0.2, 0) is 4.74 Å². The van der Waals surface area contributed by atoms with Crippen LogP contribution in [-0.4, -0.2) is 47.8 Å². The van der Waals surface area contributed by atoms with E-state index in [1.807, 2.05) is 44.2 Å². The van der Waals surface area contributed by atoms with E-state index in [9.17, 15) is 4.79 Å². The lowest BCUT2D eigenvalue weighted by Crippen LogP contribution is -2.42. The van der Waals surface area contributed by atoms with Gasteiger partial charge in [0.15, 0.2) is 0 Å². The number of benzene rings is 1. The van der Waals surface area contributed by atoms with Crippen molar-refractivity contribution in [3.05, 3.63) is 65.2 Å². The number of nitrogens with zero attached hydrogens (tertiary/aromatic N) is 3. The number of ether oxygens (including phenoxy) is 2. The van der Waals surface area contributed by atoms with E-state index in [1.165, 1.54) is 0 Å². The maximum Gasteiger partial charge on any atom is 0.254 e. The number of carbonyl (C=O) groups is 1.